The van der Waals surface area contributed by atoms with E-state index >= 15 is 0 Å². The van der Waals surface area contributed by atoms with Gasteiger partial charge in [0.05, 0.1) is 11.9 Å². The standard InChI is InChI=1S/C9H8FN3/c10-7-3-1-2-4-8(7)12-9-5-6-11-13-9/h1-6H,(H2,11,12,13). The van der Waals surface area contributed by atoms with Gasteiger partial charge in [-0.1, -0.05) is 12.1 Å². The zero-order chi connectivity index (χ0) is 9.10. The summed E-state index contributed by atoms with van der Waals surface area (Å²) < 4.78 is 13.1. The van der Waals surface area contributed by atoms with E-state index in [2.05, 4.69) is 15.5 Å². The van der Waals surface area contributed by atoms with Crippen LogP contribution >= 0.6 is 0 Å². The maximum atomic E-state index is 13.1. The van der Waals surface area contributed by atoms with Crippen molar-refractivity contribution < 1.29 is 4.39 Å². The van der Waals surface area contributed by atoms with Gasteiger partial charge >= 0.3 is 0 Å². The lowest BCUT2D eigenvalue weighted by atomic mass is 10.3. The smallest absolute Gasteiger partial charge is 0.146 e. The van der Waals surface area contributed by atoms with Gasteiger partial charge in [0.15, 0.2) is 0 Å². The molecule has 0 unspecified atom stereocenters. The van der Waals surface area contributed by atoms with Crippen LogP contribution in [0, 0.1) is 5.82 Å². The van der Waals surface area contributed by atoms with Crippen molar-refractivity contribution in [2.75, 3.05) is 5.32 Å². The van der Waals surface area contributed by atoms with E-state index in [4.69, 9.17) is 0 Å². The Morgan fingerprint density at radius 1 is 1.23 bits per heavy atom. The molecule has 0 aliphatic rings. The van der Waals surface area contributed by atoms with Crippen LogP contribution in [0.25, 0.3) is 0 Å². The van der Waals surface area contributed by atoms with Gasteiger partial charge in [-0.2, -0.15) is 5.10 Å². The second kappa shape index (κ2) is 3.26. The first kappa shape index (κ1) is 7.79. The van der Waals surface area contributed by atoms with Crippen LogP contribution < -0.4 is 5.32 Å². The van der Waals surface area contributed by atoms with Gasteiger partial charge in [0, 0.05) is 6.07 Å². The largest absolute Gasteiger partial charge is 0.338 e. The van der Waals surface area contributed by atoms with Crippen LogP contribution in [0.4, 0.5) is 15.9 Å². The highest BCUT2D eigenvalue weighted by molar-refractivity contribution is 5.55. The molecule has 0 bridgehead atoms. The van der Waals surface area contributed by atoms with E-state index in [1.165, 1.54) is 6.07 Å². The minimum Gasteiger partial charge on any atom is -0.338 e. The number of anilines is 2. The SMILES string of the molecule is Fc1ccccc1Nc1ccn[nH]1. The van der Waals surface area contributed by atoms with Crippen LogP contribution in [-0.4, -0.2) is 10.2 Å². The van der Waals surface area contributed by atoms with Crippen molar-refractivity contribution in [2.45, 2.75) is 0 Å². The Morgan fingerprint density at radius 3 is 2.77 bits per heavy atom. The number of nitrogens with zero attached hydrogens (tertiary/aromatic N) is 1. The summed E-state index contributed by atoms with van der Waals surface area (Å²) in [7, 11) is 0. The molecule has 0 radical (unpaired) electrons. The maximum Gasteiger partial charge on any atom is 0.146 e. The first-order chi connectivity index (χ1) is 6.36. The number of hydrogen-bond acceptors (Lipinski definition) is 2. The summed E-state index contributed by atoms with van der Waals surface area (Å²) in [6.45, 7) is 0. The van der Waals surface area contributed by atoms with E-state index in [1.54, 1.807) is 30.5 Å². The molecular formula is C9H8FN3. The first-order valence-electron chi connectivity index (χ1n) is 3.87. The average molecular weight is 177 g/mol. The number of rotatable bonds is 2. The summed E-state index contributed by atoms with van der Waals surface area (Å²) >= 11 is 0. The molecule has 0 saturated heterocycles. The third-order valence-corrected chi connectivity index (χ3v) is 1.64. The lowest BCUT2D eigenvalue weighted by Gasteiger charge is -2.03. The molecular weight excluding hydrogens is 169 g/mol. The number of H-pyrrole nitrogens is 1. The molecule has 0 aliphatic carbocycles. The van der Waals surface area contributed by atoms with Crippen LogP contribution in [-0.2, 0) is 0 Å². The highest BCUT2D eigenvalue weighted by atomic mass is 19.1. The van der Waals surface area contributed by atoms with Crippen LogP contribution in [0.1, 0.15) is 0 Å². The minimum atomic E-state index is -0.280. The maximum absolute atomic E-state index is 13.1. The Kier molecular flexibility index (Phi) is 1.96. The van der Waals surface area contributed by atoms with Crippen molar-refractivity contribution in [1.29, 1.82) is 0 Å². The van der Waals surface area contributed by atoms with Gasteiger partial charge in [0.1, 0.15) is 11.6 Å². The predicted octanol–water partition coefficient (Wildman–Crippen LogP) is 2.29. The van der Waals surface area contributed by atoms with Crippen molar-refractivity contribution in [2.24, 2.45) is 0 Å². The van der Waals surface area contributed by atoms with E-state index < -0.39 is 0 Å². The van der Waals surface area contributed by atoms with E-state index in [9.17, 15) is 4.39 Å². The zero-order valence-electron chi connectivity index (χ0n) is 6.79. The number of benzene rings is 1. The van der Waals surface area contributed by atoms with Crippen molar-refractivity contribution in [3.8, 4) is 0 Å². The summed E-state index contributed by atoms with van der Waals surface area (Å²) in [6, 6.07) is 8.20. The fraction of sp³-hybridized carbons (Fsp3) is 0. The second-order valence-corrected chi connectivity index (χ2v) is 2.58. The summed E-state index contributed by atoms with van der Waals surface area (Å²) in [4.78, 5) is 0. The van der Waals surface area contributed by atoms with E-state index in [0.717, 1.165) is 0 Å². The zero-order valence-corrected chi connectivity index (χ0v) is 6.79. The topological polar surface area (TPSA) is 40.7 Å². The lowest BCUT2D eigenvalue weighted by molar-refractivity contribution is 0.632. The number of aromatic nitrogens is 2. The van der Waals surface area contributed by atoms with Gasteiger partial charge in [-0.15, -0.1) is 0 Å². The molecule has 0 spiro atoms. The Balaban J connectivity index is 2.24. The normalized spacial score (nSPS) is 9.92. The van der Waals surface area contributed by atoms with Crippen LogP contribution in [0.2, 0.25) is 0 Å². The average Bonchev–Trinajstić information content (AvgIpc) is 2.61. The van der Waals surface area contributed by atoms with Gasteiger partial charge < -0.3 is 5.32 Å². The van der Waals surface area contributed by atoms with Gasteiger partial charge in [-0.05, 0) is 12.1 Å². The fourth-order valence-corrected chi connectivity index (χ4v) is 1.03. The molecule has 3 nitrogen and oxygen atoms in total. The van der Waals surface area contributed by atoms with Crippen LogP contribution in [0.5, 0.6) is 0 Å². The number of hydrogen-bond donors (Lipinski definition) is 2. The van der Waals surface area contributed by atoms with Gasteiger partial charge in [0.2, 0.25) is 0 Å². The van der Waals surface area contributed by atoms with E-state index in [-0.39, 0.29) is 5.82 Å². The minimum absolute atomic E-state index is 0.280. The molecule has 0 fully saturated rings. The molecule has 0 saturated carbocycles. The molecule has 2 aromatic rings. The second-order valence-electron chi connectivity index (χ2n) is 2.58. The van der Waals surface area contributed by atoms with Gasteiger partial charge in [-0.3, -0.25) is 5.10 Å². The molecule has 4 heteroatoms. The molecule has 1 aromatic heterocycles. The molecule has 2 N–H and O–H groups in total. The highest BCUT2D eigenvalue weighted by Crippen LogP contribution is 2.16. The van der Waals surface area contributed by atoms with Crippen molar-refractivity contribution >= 4 is 11.5 Å². The number of halogens is 1. The molecule has 0 aliphatic heterocycles. The fourth-order valence-electron chi connectivity index (χ4n) is 1.03. The van der Waals surface area contributed by atoms with Crippen LogP contribution in [0.3, 0.4) is 0 Å². The first-order valence-corrected chi connectivity index (χ1v) is 3.87. The molecule has 1 aromatic carbocycles. The molecule has 13 heavy (non-hydrogen) atoms. The quantitative estimate of drug-likeness (QED) is 0.738. The highest BCUT2D eigenvalue weighted by Gasteiger charge is 2.00. The van der Waals surface area contributed by atoms with Gasteiger partial charge in [-0.25, -0.2) is 4.39 Å². The molecule has 66 valence electrons. The molecule has 2 rings (SSSR count). The van der Waals surface area contributed by atoms with E-state index in [1.807, 2.05) is 0 Å². The van der Waals surface area contributed by atoms with Crippen molar-refractivity contribution in [1.82, 2.24) is 10.2 Å². The Labute approximate surface area is 74.6 Å². The monoisotopic (exact) mass is 177 g/mol. The van der Waals surface area contributed by atoms with Crippen LogP contribution in [0.15, 0.2) is 36.5 Å². The lowest BCUT2D eigenvalue weighted by Crippen LogP contribution is -1.93. The predicted molar refractivity (Wildman–Crippen MR) is 48.3 cm³/mol. The molecule has 1 heterocycles. The van der Waals surface area contributed by atoms with Crippen molar-refractivity contribution in [3.63, 3.8) is 0 Å². The summed E-state index contributed by atoms with van der Waals surface area (Å²) in [5, 5.41) is 9.28. The summed E-state index contributed by atoms with van der Waals surface area (Å²) in [5.41, 5.74) is 0.437. The number of para-hydroxylation sites is 1. The number of nitrogens with one attached hydrogen (secondary N) is 2. The molecule has 0 atom stereocenters. The van der Waals surface area contributed by atoms with E-state index in [0.29, 0.717) is 11.5 Å². The summed E-state index contributed by atoms with van der Waals surface area (Å²) in [6.07, 6.45) is 1.60. The Morgan fingerprint density at radius 2 is 2.08 bits per heavy atom. The summed E-state index contributed by atoms with van der Waals surface area (Å²) in [5.74, 6) is 0.391. The van der Waals surface area contributed by atoms with Crippen molar-refractivity contribution in [3.05, 3.63) is 42.3 Å². The number of aromatic amines is 1. The third-order valence-electron chi connectivity index (χ3n) is 1.64. The molecule has 0 amide bonds. The third kappa shape index (κ3) is 1.66. The Hall–Kier alpha value is -1.84. The van der Waals surface area contributed by atoms with Gasteiger partial charge in [0.25, 0.3) is 0 Å². The Bertz CT molecular complexity index is 384.